The second kappa shape index (κ2) is 5.73. The summed E-state index contributed by atoms with van der Waals surface area (Å²) in [5.74, 6) is -0.864. The lowest BCUT2D eigenvalue weighted by molar-refractivity contribution is -0.137. The van der Waals surface area contributed by atoms with Crippen LogP contribution >= 0.6 is 0 Å². The van der Waals surface area contributed by atoms with Gasteiger partial charge in [-0.15, -0.1) is 0 Å². The fraction of sp³-hybridized carbons (Fsp3) is 0.429. The number of cyclic esters (lactones) is 1. The molecule has 1 amide bonds. The number of nitrogens with zero attached hydrogens (tertiary/aromatic N) is 1. The van der Waals surface area contributed by atoms with Crippen molar-refractivity contribution < 1.29 is 19.4 Å². The van der Waals surface area contributed by atoms with E-state index in [1.54, 1.807) is 4.90 Å². The molecule has 19 heavy (non-hydrogen) atoms. The number of hydrogen-bond acceptors (Lipinski definition) is 3. The Kier molecular flexibility index (Phi) is 4.04. The molecule has 0 radical (unpaired) electrons. The molecule has 5 nitrogen and oxygen atoms in total. The fourth-order valence-corrected chi connectivity index (χ4v) is 2.15. The normalized spacial score (nSPS) is 19.1. The van der Waals surface area contributed by atoms with E-state index in [1.165, 1.54) is 0 Å². The molecule has 1 unspecified atom stereocenters. The van der Waals surface area contributed by atoms with Crippen molar-refractivity contribution >= 4 is 17.7 Å². The molecule has 1 aromatic carbocycles. The van der Waals surface area contributed by atoms with Gasteiger partial charge in [0, 0.05) is 25.1 Å². The maximum absolute atomic E-state index is 11.9. The van der Waals surface area contributed by atoms with Gasteiger partial charge in [-0.1, -0.05) is 12.1 Å². The van der Waals surface area contributed by atoms with E-state index in [0.29, 0.717) is 19.4 Å². The predicted octanol–water partition coefficient (Wildman–Crippen LogP) is 2.58. The van der Waals surface area contributed by atoms with Crippen LogP contribution in [-0.2, 0) is 9.53 Å². The third kappa shape index (κ3) is 3.47. The van der Waals surface area contributed by atoms with Gasteiger partial charge in [0.15, 0.2) is 0 Å². The average Bonchev–Trinajstić information content (AvgIpc) is 2.36. The van der Waals surface area contributed by atoms with E-state index < -0.39 is 12.1 Å². The molecule has 1 fully saturated rings. The summed E-state index contributed by atoms with van der Waals surface area (Å²) in [6.45, 7) is 2.53. The molecule has 1 heterocycles. The lowest BCUT2D eigenvalue weighted by Crippen LogP contribution is -2.42. The van der Waals surface area contributed by atoms with Gasteiger partial charge in [-0.05, 0) is 31.0 Å². The molecular weight excluding hydrogens is 246 g/mol. The van der Waals surface area contributed by atoms with E-state index in [9.17, 15) is 9.59 Å². The van der Waals surface area contributed by atoms with E-state index in [-0.39, 0.29) is 12.5 Å². The van der Waals surface area contributed by atoms with Gasteiger partial charge in [-0.25, -0.2) is 4.79 Å². The Hall–Kier alpha value is -2.04. The number of aryl methyl sites for hydroxylation is 1. The molecule has 2 rings (SSSR count). The average molecular weight is 263 g/mol. The van der Waals surface area contributed by atoms with Crippen LogP contribution in [0.2, 0.25) is 0 Å². The standard InChI is InChI=1S/C14H17NO4/c1-10-3-2-4-11(9-10)15-8-7-12(19-14(15)18)5-6-13(16)17/h2-4,9,12H,5-8H2,1H3,(H,16,17). The first-order valence-electron chi connectivity index (χ1n) is 6.33. The molecule has 1 aliphatic heterocycles. The lowest BCUT2D eigenvalue weighted by atomic mass is 10.1. The van der Waals surface area contributed by atoms with Crippen molar-refractivity contribution in [2.75, 3.05) is 11.4 Å². The van der Waals surface area contributed by atoms with Crippen molar-refractivity contribution in [1.82, 2.24) is 0 Å². The fourth-order valence-electron chi connectivity index (χ4n) is 2.15. The van der Waals surface area contributed by atoms with Crippen molar-refractivity contribution in [3.8, 4) is 0 Å². The van der Waals surface area contributed by atoms with E-state index in [4.69, 9.17) is 9.84 Å². The van der Waals surface area contributed by atoms with Gasteiger partial charge in [0.1, 0.15) is 6.10 Å². The van der Waals surface area contributed by atoms with Crippen molar-refractivity contribution in [2.24, 2.45) is 0 Å². The van der Waals surface area contributed by atoms with Crippen LogP contribution in [0.1, 0.15) is 24.8 Å². The Bertz CT molecular complexity index is 486. The molecule has 0 bridgehead atoms. The number of carboxylic acid groups (broad SMARTS) is 1. The van der Waals surface area contributed by atoms with Crippen LogP contribution in [0.5, 0.6) is 0 Å². The van der Waals surface area contributed by atoms with Crippen LogP contribution in [-0.4, -0.2) is 29.8 Å². The smallest absolute Gasteiger partial charge is 0.414 e. The largest absolute Gasteiger partial charge is 0.481 e. The maximum Gasteiger partial charge on any atom is 0.414 e. The molecule has 1 saturated heterocycles. The number of amides is 1. The predicted molar refractivity (Wildman–Crippen MR) is 70.3 cm³/mol. The molecule has 1 N–H and O–H groups in total. The molecule has 1 aromatic rings. The molecule has 0 aliphatic carbocycles. The third-order valence-electron chi connectivity index (χ3n) is 3.16. The third-order valence-corrected chi connectivity index (χ3v) is 3.16. The van der Waals surface area contributed by atoms with Crippen LogP contribution in [0.4, 0.5) is 10.5 Å². The summed E-state index contributed by atoms with van der Waals surface area (Å²) in [4.78, 5) is 24.0. The summed E-state index contributed by atoms with van der Waals surface area (Å²) in [6, 6.07) is 7.66. The SMILES string of the molecule is Cc1cccc(N2CCC(CCC(=O)O)OC2=O)c1. The first-order chi connectivity index (χ1) is 9.06. The number of ether oxygens (including phenoxy) is 1. The van der Waals surface area contributed by atoms with E-state index in [1.807, 2.05) is 31.2 Å². The zero-order valence-electron chi connectivity index (χ0n) is 10.8. The van der Waals surface area contributed by atoms with Gasteiger partial charge in [-0.2, -0.15) is 0 Å². The summed E-state index contributed by atoms with van der Waals surface area (Å²) in [5.41, 5.74) is 1.90. The summed E-state index contributed by atoms with van der Waals surface area (Å²) in [6.07, 6.45) is 0.384. The molecule has 1 atom stereocenters. The Morgan fingerprint density at radius 3 is 2.95 bits per heavy atom. The summed E-state index contributed by atoms with van der Waals surface area (Å²) < 4.78 is 5.27. The first kappa shape index (κ1) is 13.4. The number of carboxylic acids is 1. The van der Waals surface area contributed by atoms with Gasteiger partial charge >= 0.3 is 12.1 Å². The number of carbonyl (C=O) groups excluding carboxylic acids is 1. The Balaban J connectivity index is 1.97. The number of aliphatic carboxylic acids is 1. The van der Waals surface area contributed by atoms with Gasteiger partial charge in [0.25, 0.3) is 0 Å². The van der Waals surface area contributed by atoms with Crippen LogP contribution in [0, 0.1) is 6.92 Å². The van der Waals surface area contributed by atoms with Gasteiger partial charge in [0.05, 0.1) is 0 Å². The highest BCUT2D eigenvalue weighted by Crippen LogP contribution is 2.23. The minimum absolute atomic E-state index is 0.0302. The van der Waals surface area contributed by atoms with Crippen LogP contribution in [0.3, 0.4) is 0 Å². The highest BCUT2D eigenvalue weighted by Gasteiger charge is 2.28. The maximum atomic E-state index is 11.9. The second-order valence-corrected chi connectivity index (χ2v) is 4.72. The zero-order chi connectivity index (χ0) is 13.8. The summed E-state index contributed by atoms with van der Waals surface area (Å²) >= 11 is 0. The number of rotatable bonds is 4. The number of anilines is 1. The van der Waals surface area contributed by atoms with Crippen molar-refractivity contribution in [3.05, 3.63) is 29.8 Å². The molecule has 5 heteroatoms. The van der Waals surface area contributed by atoms with Gasteiger partial charge < -0.3 is 9.84 Å². The monoisotopic (exact) mass is 263 g/mol. The van der Waals surface area contributed by atoms with E-state index in [2.05, 4.69) is 0 Å². The van der Waals surface area contributed by atoms with E-state index >= 15 is 0 Å². The summed E-state index contributed by atoms with van der Waals surface area (Å²) in [7, 11) is 0. The first-order valence-corrected chi connectivity index (χ1v) is 6.33. The van der Waals surface area contributed by atoms with Crippen LogP contribution in [0.15, 0.2) is 24.3 Å². The van der Waals surface area contributed by atoms with Crippen molar-refractivity contribution in [2.45, 2.75) is 32.3 Å². The minimum atomic E-state index is -0.864. The Morgan fingerprint density at radius 2 is 2.32 bits per heavy atom. The highest BCUT2D eigenvalue weighted by molar-refractivity contribution is 5.88. The van der Waals surface area contributed by atoms with Crippen molar-refractivity contribution in [3.63, 3.8) is 0 Å². The Labute approximate surface area is 111 Å². The molecule has 0 spiro atoms. The Morgan fingerprint density at radius 1 is 1.53 bits per heavy atom. The summed E-state index contributed by atoms with van der Waals surface area (Å²) in [5, 5.41) is 8.62. The molecular formula is C14H17NO4. The molecule has 102 valence electrons. The molecule has 1 aliphatic rings. The molecule has 0 aromatic heterocycles. The zero-order valence-corrected chi connectivity index (χ0v) is 10.8. The number of hydrogen-bond donors (Lipinski definition) is 1. The highest BCUT2D eigenvalue weighted by atomic mass is 16.6. The minimum Gasteiger partial charge on any atom is -0.481 e. The van der Waals surface area contributed by atoms with Gasteiger partial charge in [0.2, 0.25) is 0 Å². The molecule has 0 saturated carbocycles. The van der Waals surface area contributed by atoms with Crippen molar-refractivity contribution in [1.29, 1.82) is 0 Å². The number of carbonyl (C=O) groups is 2. The quantitative estimate of drug-likeness (QED) is 0.906. The van der Waals surface area contributed by atoms with E-state index in [0.717, 1.165) is 11.3 Å². The second-order valence-electron chi connectivity index (χ2n) is 4.72. The number of benzene rings is 1. The van der Waals surface area contributed by atoms with Crippen LogP contribution in [0.25, 0.3) is 0 Å². The van der Waals surface area contributed by atoms with Crippen LogP contribution < -0.4 is 4.90 Å². The van der Waals surface area contributed by atoms with Gasteiger partial charge in [-0.3, -0.25) is 9.69 Å². The lowest BCUT2D eigenvalue weighted by Gasteiger charge is -2.31. The topological polar surface area (TPSA) is 66.8 Å².